The molecule has 2 atom stereocenters. The topological polar surface area (TPSA) is 90.9 Å². The second kappa shape index (κ2) is 8.37. The van der Waals surface area contributed by atoms with Crippen LogP contribution in [0.15, 0.2) is 66.3 Å². The Morgan fingerprint density at radius 1 is 1.29 bits per heavy atom. The summed E-state index contributed by atoms with van der Waals surface area (Å²) in [6.07, 6.45) is -1.96. The highest BCUT2D eigenvalue weighted by molar-refractivity contribution is 5.93. The molecule has 162 valence electrons. The number of aliphatic hydroxyl groups is 1. The molecule has 0 radical (unpaired) electrons. The molecule has 2 heterocycles. The van der Waals surface area contributed by atoms with E-state index in [0.717, 1.165) is 16.5 Å². The number of halogens is 2. The van der Waals surface area contributed by atoms with Crippen molar-refractivity contribution in [3.8, 4) is 5.75 Å². The van der Waals surface area contributed by atoms with E-state index in [1.165, 1.54) is 12.1 Å². The van der Waals surface area contributed by atoms with Crippen molar-refractivity contribution in [2.75, 3.05) is 6.61 Å². The minimum absolute atomic E-state index is 0.0456. The lowest BCUT2D eigenvalue weighted by Gasteiger charge is -2.17. The number of hydrogen-bond donors (Lipinski definition) is 4. The van der Waals surface area contributed by atoms with Gasteiger partial charge in [0.15, 0.2) is 6.17 Å². The molecule has 9 heteroatoms. The predicted octanol–water partition coefficient (Wildman–Crippen LogP) is 3.71. The lowest BCUT2D eigenvalue weighted by Crippen LogP contribution is -2.39. The molecule has 2 unspecified atom stereocenters. The minimum Gasteiger partial charge on any atom is -0.433 e. The van der Waals surface area contributed by atoms with Crippen molar-refractivity contribution in [1.82, 2.24) is 15.8 Å². The van der Waals surface area contributed by atoms with Crippen LogP contribution >= 0.6 is 0 Å². The second-order valence-corrected chi connectivity index (χ2v) is 7.17. The maximum atomic E-state index is 13.0. The summed E-state index contributed by atoms with van der Waals surface area (Å²) in [7, 11) is 0. The molecule has 4 N–H and O–H groups in total. The fraction of sp³-hybridized carbons (Fsp3) is 0.227. The van der Waals surface area contributed by atoms with Gasteiger partial charge in [-0.2, -0.15) is 8.78 Å². The van der Waals surface area contributed by atoms with Crippen molar-refractivity contribution >= 4 is 22.5 Å². The van der Waals surface area contributed by atoms with Gasteiger partial charge < -0.3 is 25.0 Å². The average Bonchev–Trinajstić information content (AvgIpc) is 3.39. The summed E-state index contributed by atoms with van der Waals surface area (Å²) in [6, 6.07) is 13.3. The van der Waals surface area contributed by atoms with E-state index in [0.29, 0.717) is 18.2 Å². The first-order chi connectivity index (χ1) is 14.8. The molecule has 1 aliphatic rings. The normalized spacial score (nSPS) is 17.2. The largest absolute Gasteiger partial charge is 0.433 e. The summed E-state index contributed by atoms with van der Waals surface area (Å²) in [6.45, 7) is 4.48. The van der Waals surface area contributed by atoms with E-state index in [2.05, 4.69) is 32.1 Å². The van der Waals surface area contributed by atoms with E-state index < -0.39 is 18.3 Å². The van der Waals surface area contributed by atoms with Gasteiger partial charge in [0.2, 0.25) is 5.90 Å². The molecule has 7 nitrogen and oxygen atoms in total. The number of aliphatic imine (C=N–C) groups is 1. The molecule has 1 aliphatic heterocycles. The zero-order chi connectivity index (χ0) is 22.0. The Morgan fingerprint density at radius 3 is 2.74 bits per heavy atom. The Bertz CT molecular complexity index is 1110. The number of H-pyrrole nitrogens is 1. The van der Waals surface area contributed by atoms with Gasteiger partial charge in [0.25, 0.3) is 0 Å². The predicted molar refractivity (Wildman–Crippen MR) is 113 cm³/mol. The van der Waals surface area contributed by atoms with Gasteiger partial charge in [-0.25, -0.2) is 4.99 Å². The molecule has 0 spiro atoms. The van der Waals surface area contributed by atoms with E-state index >= 15 is 0 Å². The number of aromatic amines is 1. The number of fused-ring (bicyclic) bond motifs is 1. The Morgan fingerprint density at radius 2 is 2.03 bits per heavy atom. The van der Waals surface area contributed by atoms with Crippen LogP contribution in [0.25, 0.3) is 16.6 Å². The first kappa shape index (κ1) is 20.8. The molecule has 0 aliphatic carbocycles. The Balaban J connectivity index is 1.46. The number of hydrogen-bond acceptors (Lipinski definition) is 6. The highest BCUT2D eigenvalue weighted by atomic mass is 19.3. The number of para-hydroxylation sites is 1. The average molecular weight is 428 g/mol. The van der Waals surface area contributed by atoms with Crippen LogP contribution in [-0.2, 0) is 4.84 Å². The van der Waals surface area contributed by atoms with E-state index in [1.54, 1.807) is 12.1 Å². The van der Waals surface area contributed by atoms with Crippen molar-refractivity contribution < 1.29 is 23.5 Å². The Kier molecular flexibility index (Phi) is 5.62. The second-order valence-electron chi connectivity index (χ2n) is 7.17. The Labute approximate surface area is 177 Å². The Hall–Kier alpha value is -3.43. The fourth-order valence-corrected chi connectivity index (χ4v) is 3.32. The molecule has 0 amide bonds. The van der Waals surface area contributed by atoms with Gasteiger partial charge >= 0.3 is 6.11 Å². The maximum Gasteiger partial charge on any atom is 0.394 e. The number of ether oxygens (including phenoxy) is 1. The molecular formula is C22H22F2N4O3. The van der Waals surface area contributed by atoms with Crippen molar-refractivity contribution in [3.63, 3.8) is 0 Å². The highest BCUT2D eigenvalue weighted by Gasteiger charge is 2.28. The van der Waals surface area contributed by atoms with Crippen LogP contribution in [0, 0.1) is 0 Å². The van der Waals surface area contributed by atoms with Crippen LogP contribution in [-0.4, -0.2) is 34.7 Å². The summed E-state index contributed by atoms with van der Waals surface area (Å²) in [4.78, 5) is 13.1. The van der Waals surface area contributed by atoms with Crippen LogP contribution in [0.2, 0.25) is 0 Å². The maximum absolute atomic E-state index is 13.0. The smallest absolute Gasteiger partial charge is 0.394 e. The van der Waals surface area contributed by atoms with Gasteiger partial charge in [0.1, 0.15) is 11.8 Å². The first-order valence-electron chi connectivity index (χ1n) is 9.64. The van der Waals surface area contributed by atoms with E-state index in [9.17, 15) is 13.9 Å². The highest BCUT2D eigenvalue weighted by Crippen LogP contribution is 2.26. The molecule has 2 aromatic carbocycles. The van der Waals surface area contributed by atoms with Gasteiger partial charge in [-0.05, 0) is 23.8 Å². The van der Waals surface area contributed by atoms with Crippen molar-refractivity contribution in [1.29, 1.82) is 0 Å². The summed E-state index contributed by atoms with van der Waals surface area (Å²) in [5.74, 6) is 0.304. The van der Waals surface area contributed by atoms with Crippen molar-refractivity contribution in [2.24, 2.45) is 4.99 Å². The molecular weight excluding hydrogens is 406 g/mol. The van der Waals surface area contributed by atoms with Crippen LogP contribution in [0.4, 0.5) is 8.78 Å². The SMILES string of the molecule is C=C(NC(CO)C1=NC(c2ccc(OC(C)(F)F)cc2)NO1)c1c[nH]c2ccccc12. The lowest BCUT2D eigenvalue weighted by atomic mass is 10.1. The van der Waals surface area contributed by atoms with Crippen molar-refractivity contribution in [3.05, 3.63) is 72.4 Å². The zero-order valence-electron chi connectivity index (χ0n) is 16.7. The standard InChI is InChI=1S/C22H22F2N4O3/c1-13(17-11-25-18-6-4-3-5-16(17)18)26-19(12-29)21-27-20(28-31-21)14-7-9-15(10-8-14)30-22(2,23)24/h3-11,19-20,25-26,28-29H,1,12H2,2H3. The first-order valence-corrected chi connectivity index (χ1v) is 9.64. The van der Waals surface area contributed by atoms with E-state index in [1.807, 2.05) is 30.5 Å². The molecule has 1 aromatic heterocycles. The molecule has 31 heavy (non-hydrogen) atoms. The number of aliphatic hydroxyl groups excluding tert-OH is 1. The third-order valence-corrected chi connectivity index (χ3v) is 4.77. The van der Waals surface area contributed by atoms with Gasteiger partial charge in [-0.3, -0.25) is 0 Å². The molecule has 0 fully saturated rings. The molecule has 0 saturated heterocycles. The summed E-state index contributed by atoms with van der Waals surface area (Å²) in [5, 5.41) is 14.0. The summed E-state index contributed by atoms with van der Waals surface area (Å²) in [5.41, 5.74) is 5.91. The molecule has 3 aromatic rings. The van der Waals surface area contributed by atoms with Crippen LogP contribution < -0.4 is 15.5 Å². The van der Waals surface area contributed by atoms with Crippen LogP contribution in [0.3, 0.4) is 0 Å². The number of rotatable bonds is 8. The van der Waals surface area contributed by atoms with Gasteiger partial charge in [0, 0.05) is 35.3 Å². The zero-order valence-corrected chi connectivity index (χ0v) is 16.7. The third-order valence-electron chi connectivity index (χ3n) is 4.77. The third kappa shape index (κ3) is 4.68. The van der Waals surface area contributed by atoms with Crippen LogP contribution in [0.1, 0.15) is 24.2 Å². The van der Waals surface area contributed by atoms with Gasteiger partial charge in [-0.1, -0.05) is 36.9 Å². The summed E-state index contributed by atoms with van der Waals surface area (Å²) < 4.78 is 30.5. The number of aromatic nitrogens is 1. The fourth-order valence-electron chi connectivity index (χ4n) is 3.32. The van der Waals surface area contributed by atoms with Crippen molar-refractivity contribution in [2.45, 2.75) is 25.2 Å². The van der Waals surface area contributed by atoms with Crippen LogP contribution in [0.5, 0.6) is 5.75 Å². The molecule has 0 saturated carbocycles. The number of benzene rings is 2. The van der Waals surface area contributed by atoms with E-state index in [-0.39, 0.29) is 18.3 Å². The summed E-state index contributed by atoms with van der Waals surface area (Å²) >= 11 is 0. The minimum atomic E-state index is -3.26. The van der Waals surface area contributed by atoms with Gasteiger partial charge in [0.05, 0.1) is 6.61 Å². The number of alkyl halides is 2. The number of nitrogens with zero attached hydrogens (tertiary/aromatic N) is 1. The molecule has 0 bridgehead atoms. The lowest BCUT2D eigenvalue weighted by molar-refractivity contribution is -0.158. The quantitative estimate of drug-likeness (QED) is 0.439. The number of nitrogens with one attached hydrogen (secondary N) is 3. The number of hydroxylamine groups is 1. The monoisotopic (exact) mass is 428 g/mol. The molecule has 4 rings (SSSR count). The van der Waals surface area contributed by atoms with E-state index in [4.69, 9.17) is 4.84 Å². The van der Waals surface area contributed by atoms with Gasteiger partial charge in [-0.15, -0.1) is 5.48 Å².